The molecule has 2 aromatic carbocycles. The van der Waals surface area contributed by atoms with Crippen molar-refractivity contribution in [3.05, 3.63) is 54.6 Å². The normalized spacial score (nSPS) is 8.45. The molecule has 118 valence electrons. The molecule has 0 heterocycles. The fourth-order valence-corrected chi connectivity index (χ4v) is 1.18. The van der Waals surface area contributed by atoms with Crippen molar-refractivity contribution in [2.75, 3.05) is 5.32 Å². The zero-order chi connectivity index (χ0) is 17.0. The average Bonchev–Trinajstić information content (AvgIpc) is 2.42. The van der Waals surface area contributed by atoms with E-state index in [1.165, 1.54) is 26.0 Å². The smallest absolute Gasteiger partial charge is 0.221 e. The molecule has 0 radical (unpaired) electrons. The first-order chi connectivity index (χ1) is 10.3. The Morgan fingerprint density at radius 1 is 0.864 bits per heavy atom. The highest BCUT2D eigenvalue weighted by Crippen LogP contribution is 2.13. The zero-order valence-electron chi connectivity index (χ0n) is 12.5. The Balaban J connectivity index is 0.000000343. The number of nitrogens with one attached hydrogen (secondary N) is 1. The first-order valence-corrected chi connectivity index (χ1v) is 6.38. The molecule has 22 heavy (non-hydrogen) atoms. The maximum atomic E-state index is 10.5. The van der Waals surface area contributed by atoms with E-state index < -0.39 is 0 Å². The average molecular weight is 304 g/mol. The zero-order valence-corrected chi connectivity index (χ0v) is 12.5. The van der Waals surface area contributed by atoms with Gasteiger partial charge in [-0.2, -0.15) is 0 Å². The molecule has 0 aliphatic rings. The number of aromatic hydroxyl groups is 2. The van der Waals surface area contributed by atoms with Gasteiger partial charge in [0.15, 0.2) is 0 Å². The number of benzene rings is 2. The third-order valence-corrected chi connectivity index (χ3v) is 1.94. The first-order valence-electron chi connectivity index (χ1n) is 6.38. The lowest BCUT2D eigenvalue weighted by molar-refractivity contribution is -0.116. The van der Waals surface area contributed by atoms with Crippen molar-refractivity contribution in [3.63, 3.8) is 0 Å². The van der Waals surface area contributed by atoms with Crippen LogP contribution in [0.1, 0.15) is 13.8 Å². The van der Waals surface area contributed by atoms with Crippen LogP contribution >= 0.6 is 0 Å². The summed E-state index contributed by atoms with van der Waals surface area (Å²) < 4.78 is 0. The number of para-hydroxylation sites is 1. The van der Waals surface area contributed by atoms with Crippen LogP contribution in [0.3, 0.4) is 0 Å². The summed E-state index contributed by atoms with van der Waals surface area (Å²) in [6.45, 7) is 2.74. The second kappa shape index (κ2) is 10.7. The highest BCUT2D eigenvalue weighted by molar-refractivity contribution is 5.88. The number of amides is 2. The molecule has 0 bridgehead atoms. The summed E-state index contributed by atoms with van der Waals surface area (Å²) in [6, 6.07) is 15.0. The molecule has 2 amide bonds. The number of carbonyl (C=O) groups is 2. The van der Waals surface area contributed by atoms with Gasteiger partial charge in [-0.3, -0.25) is 9.59 Å². The SMILES string of the molecule is CC(=O)Nc1ccc(O)cc1.CC(N)=O.Oc1ccccc1. The van der Waals surface area contributed by atoms with Crippen molar-refractivity contribution in [2.45, 2.75) is 13.8 Å². The quantitative estimate of drug-likeness (QED) is 0.605. The van der Waals surface area contributed by atoms with Crippen LogP contribution < -0.4 is 11.1 Å². The number of nitrogens with two attached hydrogens (primary N) is 1. The Kier molecular flexibility index (Phi) is 9.26. The van der Waals surface area contributed by atoms with Crippen LogP contribution in [0.15, 0.2) is 54.6 Å². The Bertz CT molecular complexity index is 564. The number of hydrogen-bond acceptors (Lipinski definition) is 4. The molecule has 0 aliphatic heterocycles. The first kappa shape index (κ1) is 19.0. The van der Waals surface area contributed by atoms with Crippen molar-refractivity contribution in [3.8, 4) is 11.5 Å². The van der Waals surface area contributed by atoms with Gasteiger partial charge in [0.1, 0.15) is 11.5 Å². The molecule has 2 aromatic rings. The molecule has 2 rings (SSSR count). The molecular formula is C16H20N2O4. The summed E-state index contributed by atoms with van der Waals surface area (Å²) in [5.74, 6) is 0.0669. The minimum Gasteiger partial charge on any atom is -0.508 e. The van der Waals surface area contributed by atoms with E-state index in [1.54, 1.807) is 36.4 Å². The second-order valence-electron chi connectivity index (χ2n) is 4.17. The third kappa shape index (κ3) is 12.0. The van der Waals surface area contributed by atoms with Crippen LogP contribution in [0.4, 0.5) is 5.69 Å². The van der Waals surface area contributed by atoms with Crippen LogP contribution in [0, 0.1) is 0 Å². The highest BCUT2D eigenvalue weighted by atomic mass is 16.3. The van der Waals surface area contributed by atoms with Gasteiger partial charge >= 0.3 is 0 Å². The summed E-state index contributed by atoms with van der Waals surface area (Å²) in [7, 11) is 0. The van der Waals surface area contributed by atoms with Gasteiger partial charge in [-0.25, -0.2) is 0 Å². The number of primary amides is 1. The van der Waals surface area contributed by atoms with Gasteiger partial charge in [0.2, 0.25) is 11.8 Å². The van der Waals surface area contributed by atoms with Gasteiger partial charge in [-0.1, -0.05) is 18.2 Å². The predicted molar refractivity (Wildman–Crippen MR) is 85.4 cm³/mol. The minimum absolute atomic E-state index is 0.115. The van der Waals surface area contributed by atoms with E-state index >= 15 is 0 Å². The van der Waals surface area contributed by atoms with E-state index in [9.17, 15) is 9.59 Å². The molecule has 6 heteroatoms. The van der Waals surface area contributed by atoms with Crippen LogP contribution in [-0.4, -0.2) is 22.0 Å². The summed E-state index contributed by atoms with van der Waals surface area (Å²) >= 11 is 0. The molecule has 0 fully saturated rings. The van der Waals surface area contributed by atoms with E-state index in [4.69, 9.17) is 10.2 Å². The van der Waals surface area contributed by atoms with Crippen LogP contribution in [0.25, 0.3) is 0 Å². The molecule has 0 saturated heterocycles. The van der Waals surface area contributed by atoms with Gasteiger partial charge in [-0.15, -0.1) is 0 Å². The van der Waals surface area contributed by atoms with Crippen molar-refractivity contribution in [1.29, 1.82) is 0 Å². The largest absolute Gasteiger partial charge is 0.508 e. The number of rotatable bonds is 1. The van der Waals surface area contributed by atoms with Crippen molar-refractivity contribution in [2.24, 2.45) is 5.73 Å². The van der Waals surface area contributed by atoms with Gasteiger partial charge in [0.05, 0.1) is 0 Å². The van der Waals surface area contributed by atoms with E-state index in [0.29, 0.717) is 11.4 Å². The Morgan fingerprint density at radius 3 is 1.59 bits per heavy atom. The summed E-state index contributed by atoms with van der Waals surface area (Å²) in [5, 5.41) is 20.1. The summed E-state index contributed by atoms with van der Waals surface area (Å²) in [6.07, 6.45) is 0. The lowest BCUT2D eigenvalue weighted by Crippen LogP contribution is -2.04. The molecule has 0 atom stereocenters. The van der Waals surface area contributed by atoms with Crippen LogP contribution in [0.2, 0.25) is 0 Å². The monoisotopic (exact) mass is 304 g/mol. The molecule has 5 N–H and O–H groups in total. The lowest BCUT2D eigenvalue weighted by Gasteiger charge is -1.99. The molecule has 0 unspecified atom stereocenters. The van der Waals surface area contributed by atoms with Crippen LogP contribution in [-0.2, 0) is 9.59 Å². The third-order valence-electron chi connectivity index (χ3n) is 1.94. The van der Waals surface area contributed by atoms with Gasteiger partial charge in [0.25, 0.3) is 0 Å². The summed E-state index contributed by atoms with van der Waals surface area (Å²) in [5.41, 5.74) is 5.16. The van der Waals surface area contributed by atoms with E-state index in [0.717, 1.165) is 0 Å². The predicted octanol–water partition coefficient (Wildman–Crippen LogP) is 2.23. The number of anilines is 1. The lowest BCUT2D eigenvalue weighted by atomic mass is 10.3. The Hall–Kier alpha value is -3.02. The molecular weight excluding hydrogens is 284 g/mol. The van der Waals surface area contributed by atoms with Gasteiger partial charge in [0, 0.05) is 19.5 Å². The number of phenolic OH excluding ortho intramolecular Hbond substituents is 2. The van der Waals surface area contributed by atoms with Crippen molar-refractivity contribution in [1.82, 2.24) is 0 Å². The molecule has 0 spiro atoms. The fraction of sp³-hybridized carbons (Fsp3) is 0.125. The molecule has 0 aliphatic carbocycles. The van der Waals surface area contributed by atoms with E-state index in [1.807, 2.05) is 6.07 Å². The Morgan fingerprint density at radius 2 is 1.27 bits per heavy atom. The Labute approximate surface area is 129 Å². The number of phenols is 2. The van der Waals surface area contributed by atoms with Crippen LogP contribution in [0.5, 0.6) is 11.5 Å². The number of carbonyl (C=O) groups excluding carboxylic acids is 2. The van der Waals surface area contributed by atoms with Crippen molar-refractivity contribution < 1.29 is 19.8 Å². The van der Waals surface area contributed by atoms with Gasteiger partial charge < -0.3 is 21.3 Å². The van der Waals surface area contributed by atoms with Crippen molar-refractivity contribution >= 4 is 17.5 Å². The highest BCUT2D eigenvalue weighted by Gasteiger charge is 1.93. The maximum absolute atomic E-state index is 10.5. The van der Waals surface area contributed by atoms with E-state index in [2.05, 4.69) is 11.1 Å². The standard InChI is InChI=1S/C8H9NO2.C6H6O.C2H5NO/c1-6(10)9-7-2-4-8(11)5-3-7;7-6-4-2-1-3-5-6;1-2(3)4/h2-5,11H,1H3,(H,9,10);1-5,7H;1H3,(H2,3,4). The van der Waals surface area contributed by atoms with E-state index in [-0.39, 0.29) is 17.6 Å². The fourth-order valence-electron chi connectivity index (χ4n) is 1.18. The van der Waals surface area contributed by atoms with Gasteiger partial charge in [-0.05, 0) is 36.4 Å². The molecule has 0 aromatic heterocycles. The molecule has 0 saturated carbocycles. The summed E-state index contributed by atoms with van der Waals surface area (Å²) in [4.78, 5) is 19.7. The maximum Gasteiger partial charge on any atom is 0.221 e. The molecule has 6 nitrogen and oxygen atoms in total. The minimum atomic E-state index is -0.333. The topological polar surface area (TPSA) is 113 Å². The second-order valence-corrected chi connectivity index (χ2v) is 4.17. The number of hydrogen-bond donors (Lipinski definition) is 4.